The average Bonchev–Trinajstić information content (AvgIpc) is 2.56. The van der Waals surface area contributed by atoms with Gasteiger partial charge in [-0.1, -0.05) is 23.2 Å². The molecule has 0 fully saturated rings. The van der Waals surface area contributed by atoms with Gasteiger partial charge in [-0.25, -0.2) is 0 Å². The number of halogens is 2. The van der Waals surface area contributed by atoms with E-state index in [1.165, 1.54) is 7.11 Å². The first kappa shape index (κ1) is 17.9. The van der Waals surface area contributed by atoms with Crippen molar-refractivity contribution in [3.05, 3.63) is 61.9 Å². The summed E-state index contributed by atoms with van der Waals surface area (Å²) in [6.07, 6.45) is 1.05. The van der Waals surface area contributed by atoms with E-state index in [2.05, 4.69) is 11.1 Å². The predicted octanol–water partition coefficient (Wildman–Crippen LogP) is 3.93. The van der Waals surface area contributed by atoms with Crippen LogP contribution in [0.15, 0.2) is 30.5 Å². The lowest BCUT2D eigenvalue weighted by Crippen LogP contribution is -2.07. The fourth-order valence-electron chi connectivity index (χ4n) is 2.03. The van der Waals surface area contributed by atoms with E-state index in [1.807, 2.05) is 0 Å². The summed E-state index contributed by atoms with van der Waals surface area (Å²) >= 11 is 12.1. The van der Waals surface area contributed by atoms with Gasteiger partial charge in [-0.05, 0) is 18.2 Å². The summed E-state index contributed by atoms with van der Waals surface area (Å²) in [7, 11) is 1.46. The van der Waals surface area contributed by atoms with E-state index in [4.69, 9.17) is 32.7 Å². The highest BCUT2D eigenvalue weighted by Crippen LogP contribution is 2.36. The number of pyridine rings is 1. The SMILES string of the molecule is COCOc1ccc(Cl)cc1C(C#N)c1ncc([N+](=O)[O-])cc1Cl. The van der Waals surface area contributed by atoms with E-state index in [1.54, 1.807) is 18.2 Å². The van der Waals surface area contributed by atoms with Crippen LogP contribution >= 0.6 is 23.2 Å². The van der Waals surface area contributed by atoms with Crippen LogP contribution in [0.25, 0.3) is 0 Å². The third-order valence-corrected chi connectivity index (χ3v) is 3.62. The summed E-state index contributed by atoms with van der Waals surface area (Å²) in [5, 5.41) is 20.7. The number of nitrogens with zero attached hydrogens (tertiary/aromatic N) is 3. The van der Waals surface area contributed by atoms with Crippen LogP contribution in [0.5, 0.6) is 5.75 Å². The number of ether oxygens (including phenoxy) is 2. The first-order chi connectivity index (χ1) is 11.5. The van der Waals surface area contributed by atoms with Gasteiger partial charge < -0.3 is 9.47 Å². The minimum absolute atomic E-state index is 0.00779. The summed E-state index contributed by atoms with van der Waals surface area (Å²) in [4.78, 5) is 14.1. The Balaban J connectivity index is 2.51. The molecule has 9 heteroatoms. The van der Waals surface area contributed by atoms with Crippen LogP contribution in [-0.4, -0.2) is 23.8 Å². The zero-order valence-electron chi connectivity index (χ0n) is 12.4. The van der Waals surface area contributed by atoms with Crippen molar-refractivity contribution in [3.8, 4) is 11.8 Å². The third kappa shape index (κ3) is 3.92. The van der Waals surface area contributed by atoms with Crippen molar-refractivity contribution in [2.24, 2.45) is 0 Å². The maximum Gasteiger partial charge on any atom is 0.289 e. The highest BCUT2D eigenvalue weighted by molar-refractivity contribution is 6.31. The Morgan fingerprint density at radius 3 is 2.75 bits per heavy atom. The van der Waals surface area contributed by atoms with Crippen molar-refractivity contribution in [3.63, 3.8) is 0 Å². The highest BCUT2D eigenvalue weighted by Gasteiger charge is 2.24. The van der Waals surface area contributed by atoms with Crippen molar-refractivity contribution in [1.82, 2.24) is 4.98 Å². The summed E-state index contributed by atoms with van der Waals surface area (Å²) in [6, 6.07) is 7.98. The molecule has 0 N–H and O–H groups in total. The number of nitriles is 1. The molecule has 0 bridgehead atoms. The number of benzene rings is 1. The van der Waals surface area contributed by atoms with Gasteiger partial charge in [0, 0.05) is 23.8 Å². The lowest BCUT2D eigenvalue weighted by molar-refractivity contribution is -0.385. The standard InChI is InChI=1S/C15H11Cl2N3O4/c1-23-8-24-14-3-2-9(16)4-11(14)12(6-18)15-13(17)5-10(7-19-15)20(21)22/h2-5,7,12H,8H2,1H3. The Morgan fingerprint density at radius 1 is 1.42 bits per heavy atom. The van der Waals surface area contributed by atoms with Crippen molar-refractivity contribution < 1.29 is 14.4 Å². The minimum Gasteiger partial charge on any atom is -0.467 e. The van der Waals surface area contributed by atoms with Gasteiger partial charge in [0.1, 0.15) is 17.9 Å². The second-order valence-corrected chi connectivity index (χ2v) is 5.46. The van der Waals surface area contributed by atoms with Gasteiger partial charge in [0.15, 0.2) is 6.79 Å². The molecule has 0 saturated heterocycles. The molecule has 124 valence electrons. The van der Waals surface area contributed by atoms with Crippen LogP contribution in [-0.2, 0) is 4.74 Å². The molecule has 0 aliphatic heterocycles. The number of hydrogen-bond acceptors (Lipinski definition) is 6. The van der Waals surface area contributed by atoms with Gasteiger partial charge in [-0.2, -0.15) is 5.26 Å². The fraction of sp³-hybridized carbons (Fsp3) is 0.200. The van der Waals surface area contributed by atoms with E-state index in [0.717, 1.165) is 12.3 Å². The van der Waals surface area contributed by atoms with Crippen LogP contribution in [0.4, 0.5) is 5.69 Å². The zero-order chi connectivity index (χ0) is 17.7. The zero-order valence-corrected chi connectivity index (χ0v) is 13.9. The Labute approximate surface area is 147 Å². The van der Waals surface area contributed by atoms with Gasteiger partial charge >= 0.3 is 0 Å². The Bertz CT molecular complexity index is 808. The maximum atomic E-state index is 10.8. The van der Waals surface area contributed by atoms with Crippen molar-refractivity contribution >= 4 is 28.9 Å². The average molecular weight is 368 g/mol. The Hall–Kier alpha value is -2.40. The molecule has 0 aliphatic rings. The second-order valence-electron chi connectivity index (χ2n) is 4.61. The molecule has 2 rings (SSSR count). The maximum absolute atomic E-state index is 10.8. The highest BCUT2D eigenvalue weighted by atomic mass is 35.5. The molecule has 0 spiro atoms. The molecule has 24 heavy (non-hydrogen) atoms. The van der Waals surface area contributed by atoms with Gasteiger partial charge in [0.2, 0.25) is 0 Å². The van der Waals surface area contributed by atoms with Gasteiger partial charge in [0.05, 0.1) is 21.7 Å². The van der Waals surface area contributed by atoms with Gasteiger partial charge in [0.25, 0.3) is 5.69 Å². The minimum atomic E-state index is -0.913. The number of rotatable bonds is 6. The second kappa shape index (κ2) is 7.93. The molecule has 0 saturated carbocycles. The number of aromatic nitrogens is 1. The lowest BCUT2D eigenvalue weighted by Gasteiger charge is -2.16. The molecule has 1 atom stereocenters. The van der Waals surface area contributed by atoms with Crippen LogP contribution in [0, 0.1) is 21.4 Å². The van der Waals surface area contributed by atoms with E-state index in [0.29, 0.717) is 16.3 Å². The summed E-state index contributed by atoms with van der Waals surface area (Å²) in [5.41, 5.74) is 0.349. The van der Waals surface area contributed by atoms with E-state index in [9.17, 15) is 15.4 Å². The first-order valence-electron chi connectivity index (χ1n) is 6.58. The van der Waals surface area contributed by atoms with Gasteiger partial charge in [-0.3, -0.25) is 15.1 Å². The summed E-state index contributed by atoms with van der Waals surface area (Å²) in [6.45, 7) is -0.0196. The molecule has 1 heterocycles. The smallest absolute Gasteiger partial charge is 0.289 e. The molecule has 1 aromatic heterocycles. The van der Waals surface area contributed by atoms with Crippen molar-refractivity contribution in [2.45, 2.75) is 5.92 Å². The van der Waals surface area contributed by atoms with Gasteiger partial charge in [-0.15, -0.1) is 0 Å². The number of methoxy groups -OCH3 is 1. The first-order valence-corrected chi connectivity index (χ1v) is 7.34. The molecular weight excluding hydrogens is 357 g/mol. The van der Waals surface area contributed by atoms with E-state index < -0.39 is 10.8 Å². The van der Waals surface area contributed by atoms with Crippen molar-refractivity contribution in [2.75, 3.05) is 13.9 Å². The molecule has 1 aromatic carbocycles. The normalized spacial score (nSPS) is 11.6. The Morgan fingerprint density at radius 2 is 2.17 bits per heavy atom. The third-order valence-electron chi connectivity index (χ3n) is 3.08. The monoisotopic (exact) mass is 367 g/mol. The molecule has 1 unspecified atom stereocenters. The van der Waals surface area contributed by atoms with E-state index >= 15 is 0 Å². The number of hydrogen-bond donors (Lipinski definition) is 0. The fourth-order valence-corrected chi connectivity index (χ4v) is 2.48. The lowest BCUT2D eigenvalue weighted by atomic mass is 9.95. The molecule has 7 nitrogen and oxygen atoms in total. The molecule has 0 amide bonds. The quantitative estimate of drug-likeness (QED) is 0.435. The molecule has 0 aliphatic carbocycles. The van der Waals surface area contributed by atoms with Crippen LogP contribution in [0.3, 0.4) is 0 Å². The largest absolute Gasteiger partial charge is 0.467 e. The summed E-state index contributed by atoms with van der Waals surface area (Å²) in [5.74, 6) is -0.534. The van der Waals surface area contributed by atoms with Crippen LogP contribution in [0.1, 0.15) is 17.2 Å². The Kier molecular flexibility index (Phi) is 5.93. The van der Waals surface area contributed by atoms with Crippen LogP contribution < -0.4 is 4.74 Å². The van der Waals surface area contributed by atoms with Crippen LogP contribution in [0.2, 0.25) is 10.0 Å². The summed E-state index contributed by atoms with van der Waals surface area (Å²) < 4.78 is 10.3. The van der Waals surface area contributed by atoms with E-state index in [-0.39, 0.29) is 23.2 Å². The topological polar surface area (TPSA) is 98.3 Å². The predicted molar refractivity (Wildman–Crippen MR) is 87.3 cm³/mol. The van der Waals surface area contributed by atoms with Crippen molar-refractivity contribution in [1.29, 1.82) is 5.26 Å². The molecule has 2 aromatic rings. The molecule has 0 radical (unpaired) electrons. The molecular formula is C15H11Cl2N3O4. The number of nitro groups is 1.